The van der Waals surface area contributed by atoms with Crippen LogP contribution in [-0.2, 0) is 0 Å². The molecule has 0 spiro atoms. The summed E-state index contributed by atoms with van der Waals surface area (Å²) < 4.78 is 17.5. The molecule has 0 bridgehead atoms. The van der Waals surface area contributed by atoms with Crippen molar-refractivity contribution in [3.63, 3.8) is 0 Å². The van der Waals surface area contributed by atoms with Crippen LogP contribution in [0.1, 0.15) is 5.69 Å². The molecule has 0 unspecified atom stereocenters. The van der Waals surface area contributed by atoms with Crippen molar-refractivity contribution >= 4 is 33.4 Å². The highest BCUT2D eigenvalue weighted by Gasteiger charge is 2.14. The smallest absolute Gasteiger partial charge is 0.267 e. The topological polar surface area (TPSA) is 52.2 Å². The number of para-hydroxylation sites is 3. The van der Waals surface area contributed by atoms with Crippen molar-refractivity contribution in [1.29, 1.82) is 0 Å². The first-order valence-corrected chi connectivity index (χ1v) is 10.8. The van der Waals surface area contributed by atoms with E-state index in [1.54, 1.807) is 27.3 Å². The third-order valence-corrected chi connectivity index (χ3v) is 6.30. The summed E-state index contributed by atoms with van der Waals surface area (Å²) in [6.07, 6.45) is 3.68. The van der Waals surface area contributed by atoms with Gasteiger partial charge in [0, 0.05) is 11.8 Å². The maximum absolute atomic E-state index is 13.5. The number of rotatable bonds is 3. The molecule has 0 atom stereocenters. The second kappa shape index (κ2) is 7.25. The molecule has 0 saturated carbocycles. The fourth-order valence-corrected chi connectivity index (χ4v) is 4.76. The molecule has 0 N–H and O–H groups in total. The van der Waals surface area contributed by atoms with Gasteiger partial charge in [0.05, 0.1) is 26.9 Å². The van der Waals surface area contributed by atoms with Gasteiger partial charge in [-0.1, -0.05) is 53.8 Å². The van der Waals surface area contributed by atoms with E-state index in [1.807, 2.05) is 60.8 Å². The first-order chi connectivity index (χ1) is 15.7. The van der Waals surface area contributed by atoms with Gasteiger partial charge in [-0.3, -0.25) is 4.79 Å². The summed E-state index contributed by atoms with van der Waals surface area (Å²) in [4.78, 5) is 18.4. The molecule has 3 aromatic carbocycles. The highest BCUT2D eigenvalue weighted by Crippen LogP contribution is 2.26. The predicted molar refractivity (Wildman–Crippen MR) is 125 cm³/mol. The number of nitrogens with zero attached hydrogens (tertiary/aromatic N) is 4. The Bertz CT molecular complexity index is 1700. The maximum Gasteiger partial charge on any atom is 0.275 e. The second-order valence-corrected chi connectivity index (χ2v) is 8.36. The summed E-state index contributed by atoms with van der Waals surface area (Å²) in [5.74, 6) is -0.303. The van der Waals surface area contributed by atoms with Gasteiger partial charge in [-0.15, -0.1) is 0 Å². The van der Waals surface area contributed by atoms with Gasteiger partial charge in [0.2, 0.25) is 0 Å². The molecule has 3 heterocycles. The summed E-state index contributed by atoms with van der Waals surface area (Å²) in [7, 11) is 0. The van der Waals surface area contributed by atoms with Crippen LogP contribution in [0.2, 0.25) is 0 Å². The van der Waals surface area contributed by atoms with Crippen molar-refractivity contribution in [2.45, 2.75) is 0 Å². The Balaban J connectivity index is 1.58. The number of halogens is 1. The van der Waals surface area contributed by atoms with E-state index in [-0.39, 0.29) is 11.4 Å². The number of hydrogen-bond donors (Lipinski definition) is 0. The van der Waals surface area contributed by atoms with Crippen LogP contribution < -0.4 is 10.1 Å². The minimum Gasteiger partial charge on any atom is -0.267 e. The maximum atomic E-state index is 13.5. The predicted octanol–water partition coefficient (Wildman–Crippen LogP) is 4.45. The largest absolute Gasteiger partial charge is 0.275 e. The number of benzene rings is 3. The lowest BCUT2D eigenvalue weighted by Gasteiger charge is -1.99. The molecule has 0 aliphatic carbocycles. The number of aromatic nitrogens is 4. The number of thiazole rings is 1. The molecule has 0 amide bonds. The zero-order valence-corrected chi connectivity index (χ0v) is 17.5. The fraction of sp³-hybridized carbons (Fsp3) is 0. The summed E-state index contributed by atoms with van der Waals surface area (Å²) >= 11 is 1.33. The van der Waals surface area contributed by atoms with Crippen molar-refractivity contribution in [1.82, 2.24) is 19.2 Å². The molecule has 3 aromatic heterocycles. The molecule has 0 fully saturated rings. The average Bonchev–Trinajstić information content (AvgIpc) is 3.48. The van der Waals surface area contributed by atoms with Gasteiger partial charge in [-0.2, -0.15) is 5.10 Å². The van der Waals surface area contributed by atoms with Crippen molar-refractivity contribution in [3.8, 4) is 16.8 Å². The molecule has 0 aliphatic rings. The lowest BCUT2D eigenvalue weighted by molar-refractivity contribution is 0.628. The van der Waals surface area contributed by atoms with Gasteiger partial charge >= 0.3 is 0 Å². The van der Waals surface area contributed by atoms with Crippen LogP contribution in [-0.4, -0.2) is 19.2 Å². The molecular formula is C25H15FN4OS. The molecule has 154 valence electrons. The molecular weight excluding hydrogens is 423 g/mol. The van der Waals surface area contributed by atoms with Crippen molar-refractivity contribution in [3.05, 3.63) is 111 Å². The molecule has 6 rings (SSSR count). The molecule has 0 aliphatic heterocycles. The van der Waals surface area contributed by atoms with E-state index in [0.29, 0.717) is 15.2 Å². The third-order valence-electron chi connectivity index (χ3n) is 5.33. The highest BCUT2D eigenvalue weighted by molar-refractivity contribution is 7.15. The minimum atomic E-state index is -0.303. The van der Waals surface area contributed by atoms with Gasteiger partial charge in [-0.05, 0) is 48.0 Å². The van der Waals surface area contributed by atoms with Crippen molar-refractivity contribution < 1.29 is 4.39 Å². The zero-order chi connectivity index (χ0) is 21.7. The van der Waals surface area contributed by atoms with Crippen molar-refractivity contribution in [2.24, 2.45) is 0 Å². The summed E-state index contributed by atoms with van der Waals surface area (Å²) in [6.45, 7) is 0. The van der Waals surface area contributed by atoms with Crippen LogP contribution in [0.4, 0.5) is 4.39 Å². The zero-order valence-electron chi connectivity index (χ0n) is 16.6. The normalized spacial score (nSPS) is 12.2. The minimum absolute atomic E-state index is 0.127. The SMILES string of the molecule is O=c1/c(=C\c2nn(-c3ccccc3)cc2-c2ccc(F)cc2)sc2nc3ccccc3n12. The number of fused-ring (bicyclic) bond motifs is 3. The van der Waals surface area contributed by atoms with Crippen LogP contribution >= 0.6 is 11.3 Å². The van der Waals surface area contributed by atoms with Crippen LogP contribution in [0.3, 0.4) is 0 Å². The Kier molecular flexibility index (Phi) is 4.22. The number of hydrogen-bond acceptors (Lipinski definition) is 4. The molecule has 6 aromatic rings. The molecule has 0 saturated heterocycles. The van der Waals surface area contributed by atoms with E-state index in [1.165, 1.54) is 23.5 Å². The Labute approximate surface area is 185 Å². The fourth-order valence-electron chi connectivity index (χ4n) is 3.79. The Morgan fingerprint density at radius 1 is 0.906 bits per heavy atom. The van der Waals surface area contributed by atoms with Crippen LogP contribution in [0.5, 0.6) is 0 Å². The lowest BCUT2D eigenvalue weighted by Crippen LogP contribution is -2.22. The summed E-state index contributed by atoms with van der Waals surface area (Å²) in [5.41, 5.74) is 4.61. The van der Waals surface area contributed by atoms with Crippen LogP contribution in [0.25, 0.3) is 38.9 Å². The second-order valence-electron chi connectivity index (χ2n) is 7.35. The first kappa shape index (κ1) is 18.7. The van der Waals surface area contributed by atoms with Crippen LogP contribution in [0.15, 0.2) is 89.9 Å². The summed E-state index contributed by atoms with van der Waals surface area (Å²) in [5, 5.41) is 4.74. The molecule has 7 heteroatoms. The monoisotopic (exact) mass is 438 g/mol. The molecule has 5 nitrogen and oxygen atoms in total. The van der Waals surface area contributed by atoms with E-state index in [9.17, 15) is 9.18 Å². The average molecular weight is 438 g/mol. The number of imidazole rings is 1. The van der Waals surface area contributed by atoms with Gasteiger partial charge in [-0.25, -0.2) is 18.5 Å². The van der Waals surface area contributed by atoms with E-state index in [0.717, 1.165) is 27.8 Å². The van der Waals surface area contributed by atoms with Crippen molar-refractivity contribution in [2.75, 3.05) is 0 Å². The van der Waals surface area contributed by atoms with E-state index < -0.39 is 0 Å². The van der Waals surface area contributed by atoms with E-state index in [2.05, 4.69) is 4.98 Å². The Hall–Kier alpha value is -4.10. The van der Waals surface area contributed by atoms with Crippen LogP contribution in [0, 0.1) is 5.82 Å². The van der Waals surface area contributed by atoms with Gasteiger partial charge < -0.3 is 0 Å². The first-order valence-electron chi connectivity index (χ1n) is 10.0. The van der Waals surface area contributed by atoms with Gasteiger partial charge in [0.1, 0.15) is 5.82 Å². The Morgan fingerprint density at radius 3 is 2.47 bits per heavy atom. The lowest BCUT2D eigenvalue weighted by atomic mass is 10.1. The standard InChI is InChI=1S/C25H15FN4OS/c26-17-12-10-16(11-13-17)19-15-29(18-6-2-1-3-7-18)28-21(19)14-23-24(31)30-22-9-5-4-8-20(22)27-25(30)32-23/h1-15H/b23-14+. The van der Waals surface area contributed by atoms with Gasteiger partial charge in [0.25, 0.3) is 5.56 Å². The van der Waals surface area contributed by atoms with E-state index >= 15 is 0 Å². The summed E-state index contributed by atoms with van der Waals surface area (Å²) in [6, 6.07) is 23.6. The molecule has 32 heavy (non-hydrogen) atoms. The van der Waals surface area contributed by atoms with E-state index in [4.69, 9.17) is 5.10 Å². The highest BCUT2D eigenvalue weighted by atomic mass is 32.1. The molecule has 0 radical (unpaired) electrons. The Morgan fingerprint density at radius 2 is 1.66 bits per heavy atom. The van der Waals surface area contributed by atoms with Gasteiger partial charge in [0.15, 0.2) is 4.96 Å². The quantitative estimate of drug-likeness (QED) is 0.410. The third kappa shape index (κ3) is 3.02.